The molecule has 1 N–H and O–H groups in total. The maximum atomic E-state index is 13.3. The third-order valence-electron chi connectivity index (χ3n) is 6.31. The van der Waals surface area contributed by atoms with E-state index in [-0.39, 0.29) is 24.0 Å². The molecule has 35 heavy (non-hydrogen) atoms. The molecule has 1 amide bonds. The summed E-state index contributed by atoms with van der Waals surface area (Å²) in [7, 11) is 5.98. The van der Waals surface area contributed by atoms with E-state index in [1.807, 2.05) is 0 Å². The van der Waals surface area contributed by atoms with Gasteiger partial charge in [0, 0.05) is 18.7 Å². The molecular formula is C26H29NO8. The van der Waals surface area contributed by atoms with E-state index in [0.717, 1.165) is 12.8 Å². The number of aliphatic hydroxyl groups is 1. The molecule has 2 saturated heterocycles. The molecular weight excluding hydrogens is 454 g/mol. The summed E-state index contributed by atoms with van der Waals surface area (Å²) in [4.78, 5) is 28.0. The zero-order valence-electron chi connectivity index (χ0n) is 20.2. The van der Waals surface area contributed by atoms with Gasteiger partial charge in [0.15, 0.2) is 11.5 Å². The average molecular weight is 484 g/mol. The summed E-state index contributed by atoms with van der Waals surface area (Å²) in [6.07, 6.45) is 1.46. The second-order valence-electron chi connectivity index (χ2n) is 8.28. The van der Waals surface area contributed by atoms with Crippen molar-refractivity contribution in [1.82, 2.24) is 4.90 Å². The molecule has 2 fully saturated rings. The molecule has 0 radical (unpaired) electrons. The van der Waals surface area contributed by atoms with Crippen molar-refractivity contribution >= 4 is 17.4 Å². The van der Waals surface area contributed by atoms with Crippen LogP contribution >= 0.6 is 0 Å². The van der Waals surface area contributed by atoms with E-state index in [1.54, 1.807) is 36.4 Å². The van der Waals surface area contributed by atoms with E-state index in [0.29, 0.717) is 40.7 Å². The number of rotatable bonds is 8. The van der Waals surface area contributed by atoms with Crippen LogP contribution in [0.15, 0.2) is 42.0 Å². The number of hydrogen-bond acceptors (Lipinski definition) is 8. The van der Waals surface area contributed by atoms with Crippen LogP contribution in [0.5, 0.6) is 23.0 Å². The smallest absolute Gasteiger partial charge is 0.295 e. The molecule has 2 aromatic carbocycles. The first kappa shape index (κ1) is 24.4. The van der Waals surface area contributed by atoms with Crippen LogP contribution in [0.2, 0.25) is 0 Å². The predicted octanol–water partition coefficient (Wildman–Crippen LogP) is 3.32. The van der Waals surface area contributed by atoms with Gasteiger partial charge in [0.1, 0.15) is 11.5 Å². The van der Waals surface area contributed by atoms with Gasteiger partial charge in [-0.15, -0.1) is 0 Å². The maximum absolute atomic E-state index is 13.3. The van der Waals surface area contributed by atoms with E-state index < -0.39 is 17.7 Å². The van der Waals surface area contributed by atoms with E-state index >= 15 is 0 Å². The number of methoxy groups -OCH3 is 4. The van der Waals surface area contributed by atoms with E-state index in [4.69, 9.17) is 23.7 Å². The number of nitrogens with zero attached hydrogens (tertiary/aromatic N) is 1. The molecule has 0 bridgehead atoms. The van der Waals surface area contributed by atoms with Crippen molar-refractivity contribution < 1.29 is 38.4 Å². The quantitative estimate of drug-likeness (QED) is 0.347. The molecule has 0 saturated carbocycles. The highest BCUT2D eigenvalue weighted by atomic mass is 16.5. The Morgan fingerprint density at radius 2 is 1.74 bits per heavy atom. The minimum absolute atomic E-state index is 0.0319. The minimum Gasteiger partial charge on any atom is -0.507 e. The highest BCUT2D eigenvalue weighted by molar-refractivity contribution is 6.46. The average Bonchev–Trinajstić information content (AvgIpc) is 3.49. The summed E-state index contributed by atoms with van der Waals surface area (Å²) in [6, 6.07) is 9.15. The van der Waals surface area contributed by atoms with Crippen LogP contribution in [0.3, 0.4) is 0 Å². The van der Waals surface area contributed by atoms with Crippen LogP contribution in [-0.4, -0.2) is 69.4 Å². The van der Waals surface area contributed by atoms with Gasteiger partial charge in [-0.3, -0.25) is 9.59 Å². The number of ether oxygens (including phenoxy) is 5. The third kappa shape index (κ3) is 4.51. The van der Waals surface area contributed by atoms with E-state index in [9.17, 15) is 14.7 Å². The number of Topliss-reactive ketones (excluding diaryl/α,β-unsaturated/α-hetero) is 1. The third-order valence-corrected chi connectivity index (χ3v) is 6.31. The second-order valence-corrected chi connectivity index (χ2v) is 8.28. The maximum Gasteiger partial charge on any atom is 0.295 e. The fourth-order valence-electron chi connectivity index (χ4n) is 4.61. The van der Waals surface area contributed by atoms with Gasteiger partial charge in [-0.05, 0) is 42.7 Å². The first-order chi connectivity index (χ1) is 16.9. The van der Waals surface area contributed by atoms with Gasteiger partial charge in [-0.25, -0.2) is 0 Å². The monoisotopic (exact) mass is 483 g/mol. The normalized spacial score (nSPS) is 21.3. The molecule has 0 aromatic heterocycles. The first-order valence-corrected chi connectivity index (χ1v) is 11.3. The van der Waals surface area contributed by atoms with Gasteiger partial charge in [0.05, 0.1) is 46.2 Å². The Kier molecular flexibility index (Phi) is 7.16. The van der Waals surface area contributed by atoms with E-state index in [2.05, 4.69) is 0 Å². The van der Waals surface area contributed by atoms with Gasteiger partial charge in [0.2, 0.25) is 5.75 Å². The van der Waals surface area contributed by atoms with Crippen molar-refractivity contribution in [3.8, 4) is 23.0 Å². The SMILES string of the molecule is COc1cccc(C(O)=C2C(=O)C(=O)N(CC3CCCO3)C2c2cc(OC)c(OC)c(OC)c2)c1. The van der Waals surface area contributed by atoms with Crippen LogP contribution in [0, 0.1) is 0 Å². The van der Waals surface area contributed by atoms with Crippen molar-refractivity contribution in [3.05, 3.63) is 53.1 Å². The first-order valence-electron chi connectivity index (χ1n) is 11.3. The number of ketones is 1. The highest BCUT2D eigenvalue weighted by Crippen LogP contribution is 2.46. The lowest BCUT2D eigenvalue weighted by Gasteiger charge is -2.28. The molecule has 9 heteroatoms. The largest absolute Gasteiger partial charge is 0.507 e. The number of likely N-dealkylation sites (tertiary alicyclic amines) is 1. The van der Waals surface area contributed by atoms with Gasteiger partial charge >= 0.3 is 0 Å². The molecule has 2 atom stereocenters. The molecule has 2 heterocycles. The zero-order chi connectivity index (χ0) is 25.1. The number of carbonyl (C=O) groups excluding carboxylic acids is 2. The molecule has 0 aliphatic carbocycles. The van der Waals surface area contributed by atoms with E-state index in [1.165, 1.54) is 33.3 Å². The Bertz CT molecular complexity index is 1130. The van der Waals surface area contributed by atoms with Gasteiger partial charge in [-0.2, -0.15) is 0 Å². The van der Waals surface area contributed by atoms with Crippen molar-refractivity contribution in [2.24, 2.45) is 0 Å². The Morgan fingerprint density at radius 3 is 2.31 bits per heavy atom. The lowest BCUT2D eigenvalue weighted by Crippen LogP contribution is -2.36. The standard InChI is InChI=1S/C26H29NO8/c1-31-17-8-5-7-15(11-17)23(28)21-22(16-12-19(32-2)25(34-4)20(13-16)33-3)27(26(30)24(21)29)14-18-9-6-10-35-18/h5,7-8,11-13,18,22,28H,6,9-10,14H2,1-4H3. The molecule has 2 aliphatic heterocycles. The van der Waals surface area contributed by atoms with Crippen molar-refractivity contribution in [1.29, 1.82) is 0 Å². The topological polar surface area (TPSA) is 104 Å². The number of amides is 1. The summed E-state index contributed by atoms with van der Waals surface area (Å²) in [5.74, 6) is -0.159. The molecule has 0 spiro atoms. The van der Waals surface area contributed by atoms with Crippen LogP contribution in [0.4, 0.5) is 0 Å². The van der Waals surface area contributed by atoms with Crippen molar-refractivity contribution in [2.45, 2.75) is 25.0 Å². The van der Waals surface area contributed by atoms with Crippen LogP contribution in [0.1, 0.15) is 30.0 Å². The highest BCUT2D eigenvalue weighted by Gasteiger charge is 2.47. The molecule has 2 aliphatic rings. The summed E-state index contributed by atoms with van der Waals surface area (Å²) < 4.78 is 27.4. The number of carbonyl (C=O) groups is 2. The minimum atomic E-state index is -0.890. The van der Waals surface area contributed by atoms with Crippen molar-refractivity contribution in [3.63, 3.8) is 0 Å². The fraction of sp³-hybridized carbons (Fsp3) is 0.385. The Balaban J connectivity index is 1.91. The molecule has 186 valence electrons. The predicted molar refractivity (Wildman–Crippen MR) is 127 cm³/mol. The van der Waals surface area contributed by atoms with Gasteiger partial charge in [0.25, 0.3) is 11.7 Å². The Morgan fingerprint density at radius 1 is 1.03 bits per heavy atom. The summed E-state index contributed by atoms with van der Waals surface area (Å²) in [6.45, 7) is 0.814. The summed E-state index contributed by atoms with van der Waals surface area (Å²) >= 11 is 0. The molecule has 2 aromatic rings. The Labute approximate surface area is 203 Å². The number of benzene rings is 2. The molecule has 4 rings (SSSR count). The van der Waals surface area contributed by atoms with Gasteiger partial charge in [-0.1, -0.05) is 12.1 Å². The van der Waals surface area contributed by atoms with Crippen LogP contribution in [-0.2, 0) is 14.3 Å². The number of hydrogen-bond donors (Lipinski definition) is 1. The van der Waals surface area contributed by atoms with Gasteiger partial charge < -0.3 is 33.7 Å². The van der Waals surface area contributed by atoms with Crippen LogP contribution < -0.4 is 18.9 Å². The van der Waals surface area contributed by atoms with Crippen LogP contribution in [0.25, 0.3) is 5.76 Å². The second kappa shape index (κ2) is 10.3. The lowest BCUT2D eigenvalue weighted by molar-refractivity contribution is -0.140. The molecule has 9 nitrogen and oxygen atoms in total. The zero-order valence-corrected chi connectivity index (χ0v) is 20.2. The summed E-state index contributed by atoms with van der Waals surface area (Å²) in [5, 5.41) is 11.3. The lowest BCUT2D eigenvalue weighted by atomic mass is 9.94. The Hall–Kier alpha value is -3.72. The van der Waals surface area contributed by atoms with Crippen molar-refractivity contribution in [2.75, 3.05) is 41.6 Å². The summed E-state index contributed by atoms with van der Waals surface area (Å²) in [5.41, 5.74) is 0.855. The molecule has 2 unspecified atom stereocenters. The fourth-order valence-corrected chi connectivity index (χ4v) is 4.61. The number of aliphatic hydroxyl groups excluding tert-OH is 1.